The van der Waals surface area contributed by atoms with Crippen molar-refractivity contribution in [1.29, 1.82) is 0 Å². The molecular weight excluding hydrogens is 224 g/mol. The van der Waals surface area contributed by atoms with Gasteiger partial charge in [0, 0.05) is 31.9 Å². The largest absolute Gasteiger partial charge is 0.311 e. The Kier molecular flexibility index (Phi) is 5.11. The quantitative estimate of drug-likeness (QED) is 0.854. The van der Waals surface area contributed by atoms with Crippen LogP contribution in [0.15, 0.2) is 24.4 Å². The predicted octanol–water partition coefficient (Wildman–Crippen LogP) is 0.807. The van der Waals surface area contributed by atoms with Gasteiger partial charge in [-0.25, -0.2) is 0 Å². The maximum atomic E-state index is 4.42. The van der Waals surface area contributed by atoms with Crippen LogP contribution in [0.25, 0.3) is 0 Å². The number of hydrogen-bond acceptors (Lipinski definition) is 4. The van der Waals surface area contributed by atoms with E-state index in [1.165, 1.54) is 12.1 Å². The summed E-state index contributed by atoms with van der Waals surface area (Å²) in [7, 11) is 4.27. The Hall–Kier alpha value is -0.970. The minimum atomic E-state index is 0.561. The first kappa shape index (κ1) is 13.5. The molecule has 0 aliphatic carbocycles. The molecule has 0 amide bonds. The van der Waals surface area contributed by atoms with Gasteiger partial charge in [0.2, 0.25) is 0 Å². The maximum absolute atomic E-state index is 4.42. The molecule has 1 saturated heterocycles. The molecule has 4 nitrogen and oxygen atoms in total. The van der Waals surface area contributed by atoms with Crippen molar-refractivity contribution in [3.05, 3.63) is 30.1 Å². The molecule has 1 unspecified atom stereocenters. The van der Waals surface area contributed by atoms with Gasteiger partial charge in [-0.3, -0.25) is 9.88 Å². The van der Waals surface area contributed by atoms with Crippen molar-refractivity contribution in [1.82, 2.24) is 20.1 Å². The molecule has 4 heteroatoms. The zero-order valence-corrected chi connectivity index (χ0v) is 11.5. The van der Waals surface area contributed by atoms with Crippen LogP contribution in [0.5, 0.6) is 0 Å². The summed E-state index contributed by atoms with van der Waals surface area (Å²) in [4.78, 5) is 9.18. The van der Waals surface area contributed by atoms with Crippen molar-refractivity contribution in [2.45, 2.75) is 19.0 Å². The van der Waals surface area contributed by atoms with Gasteiger partial charge in [-0.15, -0.1) is 0 Å². The van der Waals surface area contributed by atoms with Gasteiger partial charge >= 0.3 is 0 Å². The van der Waals surface area contributed by atoms with Gasteiger partial charge in [0.25, 0.3) is 0 Å². The highest BCUT2D eigenvalue weighted by atomic mass is 15.2. The highest BCUT2D eigenvalue weighted by molar-refractivity contribution is 5.03. The highest BCUT2D eigenvalue weighted by Crippen LogP contribution is 2.06. The summed E-state index contributed by atoms with van der Waals surface area (Å²) in [5, 5.41) is 3.62. The monoisotopic (exact) mass is 248 g/mol. The zero-order valence-electron chi connectivity index (χ0n) is 11.5. The van der Waals surface area contributed by atoms with E-state index >= 15 is 0 Å². The molecule has 1 aromatic heterocycles. The van der Waals surface area contributed by atoms with Crippen LogP contribution in [-0.2, 0) is 6.54 Å². The van der Waals surface area contributed by atoms with Crippen LogP contribution in [0.4, 0.5) is 0 Å². The molecule has 2 rings (SSSR count). The van der Waals surface area contributed by atoms with E-state index in [1.807, 2.05) is 12.3 Å². The fourth-order valence-corrected chi connectivity index (χ4v) is 2.50. The molecule has 0 radical (unpaired) electrons. The smallest absolute Gasteiger partial charge is 0.0543 e. The average Bonchev–Trinajstić information content (AvgIpc) is 2.55. The van der Waals surface area contributed by atoms with Gasteiger partial charge in [0.05, 0.1) is 5.69 Å². The van der Waals surface area contributed by atoms with Crippen molar-refractivity contribution in [2.24, 2.45) is 0 Å². The summed E-state index contributed by atoms with van der Waals surface area (Å²) in [6.45, 7) is 5.45. The third-order valence-corrected chi connectivity index (χ3v) is 3.26. The molecule has 1 aromatic rings. The molecule has 100 valence electrons. The summed E-state index contributed by atoms with van der Waals surface area (Å²) in [5.41, 5.74) is 1.17. The van der Waals surface area contributed by atoms with Gasteiger partial charge in [-0.2, -0.15) is 0 Å². The lowest BCUT2D eigenvalue weighted by Gasteiger charge is -2.26. The lowest BCUT2D eigenvalue weighted by molar-refractivity contribution is 0.234. The summed E-state index contributed by atoms with van der Waals surface area (Å²) in [6.07, 6.45) is 3.10. The summed E-state index contributed by atoms with van der Waals surface area (Å²) >= 11 is 0. The summed E-state index contributed by atoms with van der Waals surface area (Å²) < 4.78 is 0. The maximum Gasteiger partial charge on any atom is 0.0543 e. The van der Waals surface area contributed by atoms with Gasteiger partial charge < -0.3 is 10.2 Å². The summed E-state index contributed by atoms with van der Waals surface area (Å²) in [6, 6.07) is 6.71. The Balaban J connectivity index is 1.91. The fraction of sp³-hybridized carbons (Fsp3) is 0.643. The zero-order chi connectivity index (χ0) is 12.8. The molecule has 1 aliphatic heterocycles. The van der Waals surface area contributed by atoms with E-state index in [4.69, 9.17) is 0 Å². The van der Waals surface area contributed by atoms with Gasteiger partial charge in [0.15, 0.2) is 0 Å². The van der Waals surface area contributed by atoms with E-state index in [0.29, 0.717) is 6.04 Å². The number of nitrogens with one attached hydrogen (secondary N) is 1. The second-order valence-corrected chi connectivity index (χ2v) is 5.32. The van der Waals surface area contributed by atoms with Crippen LogP contribution in [0.3, 0.4) is 0 Å². The van der Waals surface area contributed by atoms with E-state index in [0.717, 1.165) is 32.7 Å². The molecule has 0 bridgehead atoms. The molecule has 1 atom stereocenters. The average molecular weight is 248 g/mol. The van der Waals surface area contributed by atoms with Crippen molar-refractivity contribution in [3.8, 4) is 0 Å². The SMILES string of the molecule is CN(C)CC1CN(Cc2ccccn2)CCCN1. The van der Waals surface area contributed by atoms with E-state index < -0.39 is 0 Å². The normalized spacial score (nSPS) is 22.1. The molecule has 0 spiro atoms. The van der Waals surface area contributed by atoms with E-state index in [-0.39, 0.29) is 0 Å². The van der Waals surface area contributed by atoms with E-state index in [1.54, 1.807) is 0 Å². The Bertz CT molecular complexity index is 339. The van der Waals surface area contributed by atoms with Crippen molar-refractivity contribution >= 4 is 0 Å². The topological polar surface area (TPSA) is 31.4 Å². The van der Waals surface area contributed by atoms with Crippen LogP contribution in [0.1, 0.15) is 12.1 Å². The molecular formula is C14H24N4. The van der Waals surface area contributed by atoms with Crippen LogP contribution in [-0.4, -0.2) is 61.1 Å². The second-order valence-electron chi connectivity index (χ2n) is 5.32. The van der Waals surface area contributed by atoms with Crippen molar-refractivity contribution in [2.75, 3.05) is 40.3 Å². The fourth-order valence-electron chi connectivity index (χ4n) is 2.50. The molecule has 1 fully saturated rings. The standard InChI is InChI=1S/C14H24N4/c1-17(2)10-14-12-18(9-5-8-16-14)11-13-6-3-4-7-15-13/h3-4,6-7,14,16H,5,8-12H2,1-2H3. The molecule has 2 heterocycles. The number of aromatic nitrogens is 1. The van der Waals surface area contributed by atoms with E-state index in [2.05, 4.69) is 46.3 Å². The predicted molar refractivity (Wildman–Crippen MR) is 74.5 cm³/mol. The first-order chi connectivity index (χ1) is 8.74. The Morgan fingerprint density at radius 2 is 2.33 bits per heavy atom. The Labute approximate surface area is 110 Å². The number of hydrogen-bond donors (Lipinski definition) is 1. The lowest BCUT2D eigenvalue weighted by Crippen LogP contribution is -2.44. The molecule has 1 N–H and O–H groups in total. The van der Waals surface area contributed by atoms with Crippen molar-refractivity contribution < 1.29 is 0 Å². The Morgan fingerprint density at radius 3 is 3.06 bits per heavy atom. The lowest BCUT2D eigenvalue weighted by atomic mass is 10.2. The Morgan fingerprint density at radius 1 is 1.44 bits per heavy atom. The van der Waals surface area contributed by atoms with E-state index in [9.17, 15) is 0 Å². The number of pyridine rings is 1. The van der Waals surface area contributed by atoms with Crippen LogP contribution < -0.4 is 5.32 Å². The van der Waals surface area contributed by atoms with Crippen LogP contribution in [0.2, 0.25) is 0 Å². The first-order valence-electron chi connectivity index (χ1n) is 6.74. The second kappa shape index (κ2) is 6.83. The number of likely N-dealkylation sites (N-methyl/N-ethyl adjacent to an activating group) is 1. The molecule has 1 aliphatic rings. The van der Waals surface area contributed by atoms with Crippen LogP contribution in [0, 0.1) is 0 Å². The van der Waals surface area contributed by atoms with Gasteiger partial charge in [-0.05, 0) is 45.7 Å². The van der Waals surface area contributed by atoms with Gasteiger partial charge in [0.1, 0.15) is 0 Å². The minimum Gasteiger partial charge on any atom is -0.311 e. The molecule has 0 saturated carbocycles. The number of rotatable bonds is 4. The minimum absolute atomic E-state index is 0.561. The first-order valence-corrected chi connectivity index (χ1v) is 6.74. The highest BCUT2D eigenvalue weighted by Gasteiger charge is 2.18. The third kappa shape index (κ3) is 4.37. The van der Waals surface area contributed by atoms with Crippen LogP contribution >= 0.6 is 0 Å². The van der Waals surface area contributed by atoms with Crippen molar-refractivity contribution in [3.63, 3.8) is 0 Å². The molecule has 18 heavy (non-hydrogen) atoms. The number of nitrogens with zero attached hydrogens (tertiary/aromatic N) is 3. The third-order valence-electron chi connectivity index (χ3n) is 3.26. The van der Waals surface area contributed by atoms with Gasteiger partial charge in [-0.1, -0.05) is 6.07 Å². The molecule has 0 aromatic carbocycles. The summed E-state index contributed by atoms with van der Waals surface area (Å²) in [5.74, 6) is 0.